The fourth-order valence-corrected chi connectivity index (χ4v) is 1.41. The molecule has 0 aliphatic rings. The zero-order valence-corrected chi connectivity index (χ0v) is 8.86. The molecule has 0 amide bonds. The molecule has 0 atom stereocenters. The number of benzene rings is 1. The Morgan fingerprint density at radius 2 is 2.23 bits per heavy atom. The van der Waals surface area contributed by atoms with Crippen molar-refractivity contribution in [2.45, 2.75) is 20.5 Å². The van der Waals surface area contributed by atoms with E-state index in [0.717, 1.165) is 17.0 Å². The second kappa shape index (κ2) is 5.14. The van der Waals surface area contributed by atoms with Gasteiger partial charge in [-0.3, -0.25) is 0 Å². The van der Waals surface area contributed by atoms with Crippen LogP contribution in [0.3, 0.4) is 0 Å². The normalized spacial score (nSPS) is 10.3. The first-order chi connectivity index (χ1) is 6.24. The quantitative estimate of drug-likeness (QED) is 0.458. The predicted octanol–water partition coefficient (Wildman–Crippen LogP) is 2.76. The van der Waals surface area contributed by atoms with Crippen molar-refractivity contribution in [3.05, 3.63) is 29.3 Å². The lowest BCUT2D eigenvalue weighted by Gasteiger charge is -2.04. The highest BCUT2D eigenvalue weighted by Gasteiger charge is 1.96. The molecule has 1 aromatic rings. The van der Waals surface area contributed by atoms with Crippen molar-refractivity contribution >= 4 is 17.7 Å². The molecule has 2 nitrogen and oxygen atoms in total. The van der Waals surface area contributed by atoms with E-state index in [1.165, 1.54) is 17.6 Å². The van der Waals surface area contributed by atoms with E-state index in [0.29, 0.717) is 6.61 Å². The van der Waals surface area contributed by atoms with Crippen molar-refractivity contribution in [1.82, 2.24) is 0 Å². The van der Waals surface area contributed by atoms with Gasteiger partial charge in [0.15, 0.2) is 0 Å². The van der Waals surface area contributed by atoms with E-state index >= 15 is 0 Å². The van der Waals surface area contributed by atoms with E-state index in [1.807, 2.05) is 19.1 Å². The Morgan fingerprint density at radius 3 is 2.85 bits per heavy atom. The van der Waals surface area contributed by atoms with Gasteiger partial charge in [0, 0.05) is 11.4 Å². The molecule has 1 rings (SSSR count). The predicted molar refractivity (Wildman–Crippen MR) is 58.5 cm³/mol. The average molecular weight is 197 g/mol. The van der Waals surface area contributed by atoms with Gasteiger partial charge in [-0.15, -0.1) is 0 Å². The molecule has 0 radical (unpaired) electrons. The smallest absolute Gasteiger partial charge is 0.0864 e. The molecule has 2 N–H and O–H groups in total. The molecule has 0 aliphatic carbocycles. The summed E-state index contributed by atoms with van der Waals surface area (Å²) in [5.74, 6) is 0.980. The van der Waals surface area contributed by atoms with Gasteiger partial charge in [0.2, 0.25) is 0 Å². The molecule has 0 spiro atoms. The summed E-state index contributed by atoms with van der Waals surface area (Å²) < 4.78 is 5.34. The SMILES string of the molecule is CCSOCc1ccc(N)c(C)c1. The van der Waals surface area contributed by atoms with Crippen LogP contribution in [-0.4, -0.2) is 5.75 Å². The average Bonchev–Trinajstić information content (AvgIpc) is 2.12. The molecule has 0 aromatic heterocycles. The van der Waals surface area contributed by atoms with Crippen LogP contribution in [0.2, 0.25) is 0 Å². The van der Waals surface area contributed by atoms with Gasteiger partial charge in [-0.1, -0.05) is 19.1 Å². The van der Waals surface area contributed by atoms with Crippen LogP contribution in [0.25, 0.3) is 0 Å². The van der Waals surface area contributed by atoms with Crippen LogP contribution in [-0.2, 0) is 10.8 Å². The first-order valence-electron chi connectivity index (χ1n) is 4.33. The van der Waals surface area contributed by atoms with Crippen molar-refractivity contribution in [2.75, 3.05) is 11.5 Å². The van der Waals surface area contributed by atoms with E-state index in [4.69, 9.17) is 9.92 Å². The van der Waals surface area contributed by atoms with Crippen molar-refractivity contribution in [1.29, 1.82) is 0 Å². The summed E-state index contributed by atoms with van der Waals surface area (Å²) in [6, 6.07) is 5.98. The maximum absolute atomic E-state index is 5.70. The Kier molecular flexibility index (Phi) is 4.12. The Bertz CT molecular complexity index is 276. The third-order valence-corrected chi connectivity index (χ3v) is 2.28. The van der Waals surface area contributed by atoms with Gasteiger partial charge >= 0.3 is 0 Å². The molecular formula is C10H15NOS. The monoisotopic (exact) mass is 197 g/mol. The lowest BCUT2D eigenvalue weighted by Crippen LogP contribution is -1.92. The summed E-state index contributed by atoms with van der Waals surface area (Å²) in [5.41, 5.74) is 8.82. The number of aryl methyl sites for hydroxylation is 1. The summed E-state index contributed by atoms with van der Waals surface area (Å²) in [5, 5.41) is 0. The number of hydrogen-bond acceptors (Lipinski definition) is 3. The molecular weight excluding hydrogens is 182 g/mol. The fraction of sp³-hybridized carbons (Fsp3) is 0.400. The van der Waals surface area contributed by atoms with Gasteiger partial charge < -0.3 is 9.92 Å². The Hall–Kier alpha value is -0.670. The van der Waals surface area contributed by atoms with Gasteiger partial charge in [0.05, 0.1) is 6.61 Å². The number of nitrogen functional groups attached to an aromatic ring is 1. The second-order valence-electron chi connectivity index (χ2n) is 2.86. The number of hydrogen-bond donors (Lipinski definition) is 1. The molecule has 3 heteroatoms. The van der Waals surface area contributed by atoms with Crippen molar-refractivity contribution in [3.63, 3.8) is 0 Å². The Morgan fingerprint density at radius 1 is 1.46 bits per heavy atom. The maximum Gasteiger partial charge on any atom is 0.0864 e. The van der Waals surface area contributed by atoms with Crippen LogP contribution in [0.4, 0.5) is 5.69 Å². The zero-order valence-electron chi connectivity index (χ0n) is 8.04. The molecule has 0 heterocycles. The van der Waals surface area contributed by atoms with E-state index in [1.54, 1.807) is 0 Å². The number of nitrogens with two attached hydrogens (primary N) is 1. The summed E-state index contributed by atoms with van der Waals surface area (Å²) in [6.45, 7) is 4.73. The van der Waals surface area contributed by atoms with Crippen LogP contribution in [0.15, 0.2) is 18.2 Å². The summed E-state index contributed by atoms with van der Waals surface area (Å²) in [6.07, 6.45) is 0. The molecule has 1 aromatic carbocycles. The van der Waals surface area contributed by atoms with Crippen LogP contribution in [0.5, 0.6) is 0 Å². The molecule has 0 saturated heterocycles. The lowest BCUT2D eigenvalue weighted by atomic mass is 10.1. The largest absolute Gasteiger partial charge is 0.399 e. The van der Waals surface area contributed by atoms with Crippen LogP contribution in [0, 0.1) is 6.92 Å². The molecule has 0 fully saturated rings. The van der Waals surface area contributed by atoms with E-state index in [-0.39, 0.29) is 0 Å². The van der Waals surface area contributed by atoms with Crippen molar-refractivity contribution < 1.29 is 4.18 Å². The number of anilines is 1. The first kappa shape index (κ1) is 10.4. The van der Waals surface area contributed by atoms with E-state index in [9.17, 15) is 0 Å². The number of rotatable bonds is 4. The fourth-order valence-electron chi connectivity index (χ4n) is 1.02. The van der Waals surface area contributed by atoms with Gasteiger partial charge in [-0.2, -0.15) is 0 Å². The molecule has 0 unspecified atom stereocenters. The highest BCUT2D eigenvalue weighted by Crippen LogP contribution is 2.15. The van der Waals surface area contributed by atoms with E-state index < -0.39 is 0 Å². The third-order valence-electron chi connectivity index (χ3n) is 1.76. The van der Waals surface area contributed by atoms with Gasteiger partial charge in [0.1, 0.15) is 0 Å². The van der Waals surface area contributed by atoms with Crippen LogP contribution >= 0.6 is 12.0 Å². The Labute approximate surface area is 83.7 Å². The summed E-state index contributed by atoms with van der Waals surface area (Å²) >= 11 is 1.48. The highest BCUT2D eigenvalue weighted by molar-refractivity contribution is 7.94. The van der Waals surface area contributed by atoms with Gasteiger partial charge in [0.25, 0.3) is 0 Å². The van der Waals surface area contributed by atoms with Crippen molar-refractivity contribution in [2.24, 2.45) is 0 Å². The van der Waals surface area contributed by atoms with Gasteiger partial charge in [-0.25, -0.2) is 0 Å². The molecule has 72 valence electrons. The van der Waals surface area contributed by atoms with E-state index in [2.05, 4.69) is 13.0 Å². The standard InChI is InChI=1S/C10H15NOS/c1-3-13-12-7-9-4-5-10(11)8(2)6-9/h4-6H,3,7,11H2,1-2H3. The minimum atomic E-state index is 0.652. The minimum Gasteiger partial charge on any atom is -0.399 e. The molecule has 0 saturated carbocycles. The summed E-state index contributed by atoms with van der Waals surface area (Å²) in [7, 11) is 0. The Balaban J connectivity index is 2.53. The third kappa shape index (κ3) is 3.28. The lowest BCUT2D eigenvalue weighted by molar-refractivity contribution is 0.364. The van der Waals surface area contributed by atoms with Crippen LogP contribution in [0.1, 0.15) is 18.1 Å². The van der Waals surface area contributed by atoms with Crippen molar-refractivity contribution in [3.8, 4) is 0 Å². The topological polar surface area (TPSA) is 35.2 Å². The second-order valence-corrected chi connectivity index (χ2v) is 3.91. The molecule has 13 heavy (non-hydrogen) atoms. The zero-order chi connectivity index (χ0) is 9.68. The van der Waals surface area contributed by atoms with Gasteiger partial charge in [-0.05, 0) is 36.2 Å². The first-order valence-corrected chi connectivity index (χ1v) is 5.24. The van der Waals surface area contributed by atoms with Crippen LogP contribution < -0.4 is 5.73 Å². The maximum atomic E-state index is 5.70. The molecule has 0 aliphatic heterocycles. The minimum absolute atomic E-state index is 0.652. The highest BCUT2D eigenvalue weighted by atomic mass is 32.2. The summed E-state index contributed by atoms with van der Waals surface area (Å²) in [4.78, 5) is 0. The molecule has 0 bridgehead atoms.